The number of nitrogens with zero attached hydrogens (tertiary/aromatic N) is 2. The number of anilines is 2. The number of hydrogen-bond acceptors (Lipinski definition) is 7. The maximum Gasteiger partial charge on any atom is 0.234 e. The van der Waals surface area contributed by atoms with Gasteiger partial charge in [-0.15, -0.1) is 10.2 Å². The van der Waals surface area contributed by atoms with E-state index in [1.807, 2.05) is 6.07 Å². The molecule has 3 rings (SSSR count). The fourth-order valence-electron chi connectivity index (χ4n) is 2.57. The van der Waals surface area contributed by atoms with E-state index >= 15 is 0 Å². The van der Waals surface area contributed by atoms with E-state index in [2.05, 4.69) is 33.0 Å². The van der Waals surface area contributed by atoms with Crippen molar-refractivity contribution in [3.8, 4) is 0 Å². The first kappa shape index (κ1) is 17.2. The molecule has 8 heteroatoms. The number of carbonyl (C=O) groups is 1. The molecule has 0 saturated heterocycles. The molecule has 0 unspecified atom stereocenters. The van der Waals surface area contributed by atoms with Crippen molar-refractivity contribution in [2.75, 3.05) is 36.6 Å². The van der Waals surface area contributed by atoms with Crippen molar-refractivity contribution in [3.05, 3.63) is 29.3 Å². The number of thioether (sulfide) groups is 1. The number of aryl methyl sites for hydroxylation is 2. The van der Waals surface area contributed by atoms with E-state index < -0.39 is 0 Å². The predicted octanol–water partition coefficient (Wildman–Crippen LogP) is 2.82. The summed E-state index contributed by atoms with van der Waals surface area (Å²) in [6, 6.07) is 6.19. The highest BCUT2D eigenvalue weighted by molar-refractivity contribution is 8.01. The Hall–Kier alpha value is -1.64. The number of nitrogens with one attached hydrogen (secondary N) is 2. The molecule has 0 spiro atoms. The zero-order valence-electron chi connectivity index (χ0n) is 13.5. The molecule has 24 heavy (non-hydrogen) atoms. The van der Waals surface area contributed by atoms with Crippen LogP contribution in [0, 0.1) is 0 Å². The summed E-state index contributed by atoms with van der Waals surface area (Å²) in [5.74, 6) is 0.297. The van der Waals surface area contributed by atoms with Gasteiger partial charge in [0.2, 0.25) is 11.0 Å². The lowest BCUT2D eigenvalue weighted by atomic mass is 10.1. The van der Waals surface area contributed by atoms with Crippen LogP contribution < -0.4 is 10.6 Å². The monoisotopic (exact) mass is 364 g/mol. The highest BCUT2D eigenvalue weighted by Crippen LogP contribution is 2.27. The molecule has 0 bridgehead atoms. The molecule has 0 fully saturated rings. The van der Waals surface area contributed by atoms with Gasteiger partial charge in [0.05, 0.1) is 12.4 Å². The van der Waals surface area contributed by atoms with Crippen molar-refractivity contribution in [2.45, 2.75) is 23.6 Å². The number of amides is 1. The van der Waals surface area contributed by atoms with Crippen LogP contribution in [0.4, 0.5) is 10.8 Å². The zero-order valence-corrected chi connectivity index (χ0v) is 15.1. The highest BCUT2D eigenvalue weighted by Gasteiger charge is 2.12. The maximum absolute atomic E-state index is 12.1. The maximum atomic E-state index is 12.1. The first-order chi connectivity index (χ1) is 11.7. The van der Waals surface area contributed by atoms with Gasteiger partial charge < -0.3 is 15.4 Å². The Labute approximate surface area is 149 Å². The normalized spacial score (nSPS) is 12.9. The van der Waals surface area contributed by atoms with E-state index in [0.717, 1.165) is 28.0 Å². The average Bonchev–Trinajstić information content (AvgIpc) is 3.22. The Morgan fingerprint density at radius 2 is 2.21 bits per heavy atom. The molecular formula is C16H20N4O2S2. The fourth-order valence-corrected chi connectivity index (χ4v) is 4.15. The molecule has 1 aliphatic rings. The van der Waals surface area contributed by atoms with Gasteiger partial charge in [0.1, 0.15) is 0 Å². The van der Waals surface area contributed by atoms with Gasteiger partial charge in [-0.1, -0.05) is 29.2 Å². The molecule has 1 amide bonds. The molecule has 6 nitrogen and oxygen atoms in total. The number of rotatable bonds is 8. The first-order valence-corrected chi connectivity index (χ1v) is 9.65. The van der Waals surface area contributed by atoms with Gasteiger partial charge in [-0.2, -0.15) is 0 Å². The second-order valence-corrected chi connectivity index (χ2v) is 7.67. The van der Waals surface area contributed by atoms with Crippen LogP contribution in [0.25, 0.3) is 0 Å². The lowest BCUT2D eigenvalue weighted by Gasteiger charge is -2.06. The van der Waals surface area contributed by atoms with Crippen LogP contribution in [0.2, 0.25) is 0 Å². The van der Waals surface area contributed by atoms with E-state index in [1.165, 1.54) is 40.6 Å². The third kappa shape index (κ3) is 4.68. The number of benzene rings is 1. The zero-order chi connectivity index (χ0) is 16.8. The topological polar surface area (TPSA) is 76.1 Å². The van der Waals surface area contributed by atoms with Crippen LogP contribution in [0.15, 0.2) is 22.5 Å². The van der Waals surface area contributed by atoms with E-state index in [-0.39, 0.29) is 5.91 Å². The average molecular weight is 364 g/mol. The van der Waals surface area contributed by atoms with Crippen LogP contribution in [0.5, 0.6) is 0 Å². The molecule has 1 aromatic carbocycles. The van der Waals surface area contributed by atoms with Gasteiger partial charge in [0.25, 0.3) is 0 Å². The molecule has 0 atom stereocenters. The molecule has 1 heterocycles. The molecule has 2 aromatic rings. The van der Waals surface area contributed by atoms with Crippen LogP contribution >= 0.6 is 23.1 Å². The lowest BCUT2D eigenvalue weighted by molar-refractivity contribution is -0.113. The quantitative estimate of drug-likeness (QED) is 0.554. The van der Waals surface area contributed by atoms with Crippen LogP contribution in [-0.2, 0) is 22.4 Å². The van der Waals surface area contributed by atoms with Gasteiger partial charge in [0.15, 0.2) is 4.34 Å². The summed E-state index contributed by atoms with van der Waals surface area (Å²) in [6.07, 6.45) is 3.47. The Kier molecular flexibility index (Phi) is 6.06. The standard InChI is InChI=1S/C16H20N4O2S2/c1-22-8-7-17-15-19-20-16(24-15)23-10-14(21)18-13-6-5-11-3-2-4-12(11)9-13/h5-6,9H,2-4,7-8,10H2,1H3,(H,17,19)(H,18,21). The fraction of sp³-hybridized carbons (Fsp3) is 0.438. The van der Waals surface area contributed by atoms with Gasteiger partial charge in [0, 0.05) is 19.3 Å². The second-order valence-electron chi connectivity index (χ2n) is 5.47. The Bertz CT molecular complexity index is 705. The van der Waals surface area contributed by atoms with Crippen molar-refractivity contribution in [2.24, 2.45) is 0 Å². The molecule has 0 radical (unpaired) electrons. The third-order valence-corrected chi connectivity index (χ3v) is 5.71. The minimum atomic E-state index is -0.0259. The number of carbonyl (C=O) groups excluding carboxylic acids is 1. The van der Waals surface area contributed by atoms with E-state index in [9.17, 15) is 4.79 Å². The van der Waals surface area contributed by atoms with Crippen LogP contribution in [0.3, 0.4) is 0 Å². The molecule has 0 saturated carbocycles. The van der Waals surface area contributed by atoms with Crippen molar-refractivity contribution in [1.82, 2.24) is 10.2 Å². The SMILES string of the molecule is COCCNc1nnc(SCC(=O)Nc2ccc3c(c2)CCC3)s1. The van der Waals surface area contributed by atoms with Crippen molar-refractivity contribution in [3.63, 3.8) is 0 Å². The van der Waals surface area contributed by atoms with E-state index in [4.69, 9.17) is 4.74 Å². The molecule has 2 N–H and O–H groups in total. The molecule has 0 aliphatic heterocycles. The first-order valence-electron chi connectivity index (χ1n) is 7.85. The molecular weight excluding hydrogens is 344 g/mol. The van der Waals surface area contributed by atoms with Crippen LogP contribution in [-0.4, -0.2) is 42.1 Å². The second kappa shape index (κ2) is 8.46. The summed E-state index contributed by atoms with van der Waals surface area (Å²) in [5, 5.41) is 14.9. The largest absolute Gasteiger partial charge is 0.383 e. The summed E-state index contributed by atoms with van der Waals surface area (Å²) in [4.78, 5) is 12.1. The number of aromatic nitrogens is 2. The minimum absolute atomic E-state index is 0.0259. The summed E-state index contributed by atoms with van der Waals surface area (Å²) >= 11 is 2.84. The number of methoxy groups -OCH3 is 1. The van der Waals surface area contributed by atoms with Gasteiger partial charge in [-0.3, -0.25) is 4.79 Å². The van der Waals surface area contributed by atoms with Crippen LogP contribution in [0.1, 0.15) is 17.5 Å². The minimum Gasteiger partial charge on any atom is -0.383 e. The Morgan fingerprint density at radius 1 is 1.33 bits per heavy atom. The smallest absolute Gasteiger partial charge is 0.234 e. The predicted molar refractivity (Wildman–Crippen MR) is 98.1 cm³/mol. The van der Waals surface area contributed by atoms with Gasteiger partial charge in [-0.25, -0.2) is 0 Å². The molecule has 128 valence electrons. The lowest BCUT2D eigenvalue weighted by Crippen LogP contribution is -2.14. The summed E-state index contributed by atoms with van der Waals surface area (Å²) in [6.45, 7) is 1.31. The molecule has 1 aromatic heterocycles. The van der Waals surface area contributed by atoms with E-state index in [0.29, 0.717) is 18.9 Å². The van der Waals surface area contributed by atoms with Crippen molar-refractivity contribution in [1.29, 1.82) is 0 Å². The number of hydrogen-bond donors (Lipinski definition) is 2. The third-order valence-electron chi connectivity index (χ3n) is 3.70. The summed E-state index contributed by atoms with van der Waals surface area (Å²) < 4.78 is 5.75. The number of ether oxygens (including phenoxy) is 1. The summed E-state index contributed by atoms with van der Waals surface area (Å²) in [7, 11) is 1.66. The Balaban J connectivity index is 1.45. The number of fused-ring (bicyclic) bond motifs is 1. The van der Waals surface area contributed by atoms with E-state index in [1.54, 1.807) is 7.11 Å². The van der Waals surface area contributed by atoms with Crippen molar-refractivity contribution >= 4 is 39.8 Å². The highest BCUT2D eigenvalue weighted by atomic mass is 32.2. The van der Waals surface area contributed by atoms with Crippen molar-refractivity contribution < 1.29 is 9.53 Å². The van der Waals surface area contributed by atoms with Gasteiger partial charge in [-0.05, 0) is 42.5 Å². The summed E-state index contributed by atoms with van der Waals surface area (Å²) in [5.41, 5.74) is 3.64. The molecule has 1 aliphatic carbocycles. The Morgan fingerprint density at radius 3 is 3.08 bits per heavy atom. The van der Waals surface area contributed by atoms with Gasteiger partial charge >= 0.3 is 0 Å².